The molecule has 222 valence electrons. The number of halogens is 3. The van der Waals surface area contributed by atoms with E-state index in [1.165, 1.54) is 12.5 Å². The highest BCUT2D eigenvalue weighted by molar-refractivity contribution is 7.92. The van der Waals surface area contributed by atoms with Gasteiger partial charge in [-0.15, -0.1) is 0 Å². The van der Waals surface area contributed by atoms with Crippen LogP contribution >= 0.6 is 0 Å². The van der Waals surface area contributed by atoms with Crippen LogP contribution in [-0.2, 0) is 14.8 Å². The maximum Gasteiger partial charge on any atom is 0.232 e. The van der Waals surface area contributed by atoms with Crippen molar-refractivity contribution in [2.75, 3.05) is 55.2 Å². The van der Waals surface area contributed by atoms with Crippen LogP contribution in [0.5, 0.6) is 5.75 Å². The Balaban J connectivity index is 1.52. The number of morpholine rings is 1. The molecule has 0 atom stereocenters. The van der Waals surface area contributed by atoms with Gasteiger partial charge in [0.05, 0.1) is 30.2 Å². The SMILES string of the molecule is CCCS(=O)(=O)Nc1ccc(F)c(Nc2ncnc3cc(OCCN4CCOCC4)c(-c4cccnc4F)cc23)c1F. The van der Waals surface area contributed by atoms with Crippen LogP contribution in [0.3, 0.4) is 0 Å². The largest absolute Gasteiger partial charge is 0.492 e. The fraction of sp³-hybridized carbons (Fsp3) is 0.321. The maximum absolute atomic E-state index is 15.4. The minimum atomic E-state index is -3.83. The predicted molar refractivity (Wildman–Crippen MR) is 153 cm³/mol. The quantitative estimate of drug-likeness (QED) is 0.235. The summed E-state index contributed by atoms with van der Waals surface area (Å²) < 4.78 is 83.1. The lowest BCUT2D eigenvalue weighted by Crippen LogP contribution is -2.38. The lowest BCUT2D eigenvalue weighted by Gasteiger charge is -2.26. The molecule has 1 fully saturated rings. The monoisotopic (exact) mass is 602 g/mol. The minimum Gasteiger partial charge on any atom is -0.492 e. The van der Waals surface area contributed by atoms with Crippen molar-refractivity contribution >= 4 is 38.1 Å². The molecule has 14 heteroatoms. The van der Waals surface area contributed by atoms with E-state index >= 15 is 4.39 Å². The van der Waals surface area contributed by atoms with Gasteiger partial charge in [-0.25, -0.2) is 32.2 Å². The van der Waals surface area contributed by atoms with Crippen LogP contribution in [0.1, 0.15) is 13.3 Å². The Morgan fingerprint density at radius 2 is 1.86 bits per heavy atom. The van der Waals surface area contributed by atoms with Gasteiger partial charge in [0, 0.05) is 48.4 Å². The van der Waals surface area contributed by atoms with Crippen molar-refractivity contribution in [3.8, 4) is 16.9 Å². The van der Waals surface area contributed by atoms with Gasteiger partial charge in [0.15, 0.2) is 5.82 Å². The standard InChI is InChI=1S/C28H29F3N6O4S/c1-2-14-42(38,39)36-22-6-5-21(29)26(25(22)30)35-28-20-15-19(18-4-3-7-32-27(18)31)24(16-23(20)33-17-34-28)41-13-10-37-8-11-40-12-9-37/h3-7,15-17,36H,2,8-14H2,1H3,(H,33,34,35). The molecule has 1 aliphatic heterocycles. The van der Waals surface area contributed by atoms with E-state index in [4.69, 9.17) is 9.47 Å². The van der Waals surface area contributed by atoms with Crippen LogP contribution < -0.4 is 14.8 Å². The molecule has 1 aliphatic rings. The predicted octanol–water partition coefficient (Wildman–Crippen LogP) is 4.72. The number of hydrogen-bond acceptors (Lipinski definition) is 9. The first-order chi connectivity index (χ1) is 20.3. The number of anilines is 3. The summed E-state index contributed by atoms with van der Waals surface area (Å²) in [4.78, 5) is 14.4. The van der Waals surface area contributed by atoms with E-state index in [2.05, 4.69) is 29.9 Å². The second kappa shape index (κ2) is 12.9. The number of aromatic nitrogens is 3. The zero-order valence-electron chi connectivity index (χ0n) is 22.7. The first-order valence-electron chi connectivity index (χ1n) is 13.3. The summed E-state index contributed by atoms with van der Waals surface area (Å²) in [5.74, 6) is -2.73. The summed E-state index contributed by atoms with van der Waals surface area (Å²) in [5, 5.41) is 2.95. The van der Waals surface area contributed by atoms with Crippen molar-refractivity contribution in [2.45, 2.75) is 13.3 Å². The van der Waals surface area contributed by atoms with Crippen LogP contribution in [0.25, 0.3) is 22.0 Å². The third-order valence-electron chi connectivity index (χ3n) is 6.63. The molecule has 0 bridgehead atoms. The van der Waals surface area contributed by atoms with Gasteiger partial charge in [-0.3, -0.25) is 9.62 Å². The molecule has 0 saturated carbocycles. The molecule has 2 aromatic heterocycles. The minimum absolute atomic E-state index is 0.0109. The first kappa shape index (κ1) is 29.5. The number of pyridine rings is 1. The first-order valence-corrected chi connectivity index (χ1v) is 15.0. The Bertz CT molecular complexity index is 1690. The summed E-state index contributed by atoms with van der Waals surface area (Å²) in [6.07, 6.45) is 2.84. The highest BCUT2D eigenvalue weighted by Gasteiger charge is 2.21. The van der Waals surface area contributed by atoms with Crippen molar-refractivity contribution in [1.82, 2.24) is 19.9 Å². The average molecular weight is 603 g/mol. The molecule has 0 amide bonds. The van der Waals surface area contributed by atoms with Crippen molar-refractivity contribution in [3.63, 3.8) is 0 Å². The molecule has 1 saturated heterocycles. The number of nitrogens with one attached hydrogen (secondary N) is 2. The summed E-state index contributed by atoms with van der Waals surface area (Å²) >= 11 is 0. The lowest BCUT2D eigenvalue weighted by atomic mass is 10.0. The third-order valence-corrected chi connectivity index (χ3v) is 8.10. The molecule has 0 radical (unpaired) electrons. The molecule has 4 aromatic rings. The molecule has 2 N–H and O–H groups in total. The van der Waals surface area contributed by atoms with E-state index in [1.807, 2.05) is 0 Å². The normalized spacial score (nSPS) is 14.2. The lowest BCUT2D eigenvalue weighted by molar-refractivity contribution is 0.0323. The Morgan fingerprint density at radius 1 is 1.05 bits per heavy atom. The summed E-state index contributed by atoms with van der Waals surface area (Å²) in [6, 6.07) is 8.23. The molecular formula is C28H29F3N6O4S. The Morgan fingerprint density at radius 3 is 2.62 bits per heavy atom. The highest BCUT2D eigenvalue weighted by atomic mass is 32.2. The molecule has 0 unspecified atom stereocenters. The Labute approximate surface area is 241 Å². The molecular weight excluding hydrogens is 573 g/mol. The van der Waals surface area contributed by atoms with Crippen molar-refractivity contribution in [2.24, 2.45) is 0 Å². The van der Waals surface area contributed by atoms with Crippen molar-refractivity contribution in [1.29, 1.82) is 0 Å². The molecule has 2 aromatic carbocycles. The van der Waals surface area contributed by atoms with Gasteiger partial charge in [0.2, 0.25) is 16.0 Å². The van der Waals surface area contributed by atoms with Gasteiger partial charge in [-0.05, 0) is 36.8 Å². The fourth-order valence-electron chi connectivity index (χ4n) is 4.56. The number of nitrogens with zero attached hydrogens (tertiary/aromatic N) is 4. The third kappa shape index (κ3) is 6.72. The van der Waals surface area contributed by atoms with Gasteiger partial charge in [0.1, 0.15) is 36.0 Å². The second-order valence-corrected chi connectivity index (χ2v) is 11.4. The van der Waals surface area contributed by atoms with E-state index in [9.17, 15) is 17.2 Å². The number of fused-ring (bicyclic) bond motifs is 1. The van der Waals surface area contributed by atoms with Crippen LogP contribution in [0.2, 0.25) is 0 Å². The van der Waals surface area contributed by atoms with Crippen LogP contribution in [0, 0.1) is 17.6 Å². The van der Waals surface area contributed by atoms with Crippen LogP contribution in [0.15, 0.2) is 48.9 Å². The van der Waals surface area contributed by atoms with Crippen LogP contribution in [0.4, 0.5) is 30.4 Å². The van der Waals surface area contributed by atoms with Gasteiger partial charge < -0.3 is 14.8 Å². The zero-order chi connectivity index (χ0) is 29.7. The molecule has 10 nitrogen and oxygen atoms in total. The number of benzene rings is 2. The number of sulfonamides is 1. The summed E-state index contributed by atoms with van der Waals surface area (Å²) in [7, 11) is -3.83. The maximum atomic E-state index is 15.4. The summed E-state index contributed by atoms with van der Waals surface area (Å²) in [6.45, 7) is 5.45. The second-order valence-electron chi connectivity index (χ2n) is 9.56. The Kier molecular flexibility index (Phi) is 9.04. The van der Waals surface area contributed by atoms with E-state index < -0.39 is 39.0 Å². The Hall–Kier alpha value is -4.01. The highest BCUT2D eigenvalue weighted by Crippen LogP contribution is 2.38. The van der Waals surface area contributed by atoms with Crippen molar-refractivity contribution < 1.29 is 31.1 Å². The van der Waals surface area contributed by atoms with E-state index in [-0.39, 0.29) is 17.1 Å². The van der Waals surface area contributed by atoms with Crippen LogP contribution in [-0.4, -0.2) is 73.5 Å². The summed E-state index contributed by atoms with van der Waals surface area (Å²) in [5.41, 5.74) is -0.177. The zero-order valence-corrected chi connectivity index (χ0v) is 23.6. The molecule has 42 heavy (non-hydrogen) atoms. The van der Waals surface area contributed by atoms with Gasteiger partial charge in [-0.2, -0.15) is 4.39 Å². The number of hydrogen-bond donors (Lipinski definition) is 2. The topological polar surface area (TPSA) is 119 Å². The van der Waals surface area contributed by atoms with Gasteiger partial charge in [0.25, 0.3) is 0 Å². The van der Waals surface area contributed by atoms with E-state index in [1.54, 1.807) is 31.2 Å². The fourth-order valence-corrected chi connectivity index (χ4v) is 5.69. The van der Waals surface area contributed by atoms with E-state index in [0.29, 0.717) is 55.0 Å². The van der Waals surface area contributed by atoms with Gasteiger partial charge in [-0.1, -0.05) is 6.92 Å². The number of rotatable bonds is 11. The van der Waals surface area contributed by atoms with Gasteiger partial charge >= 0.3 is 0 Å². The number of ether oxygens (including phenoxy) is 2. The molecule has 3 heterocycles. The van der Waals surface area contributed by atoms with E-state index in [0.717, 1.165) is 25.2 Å². The average Bonchev–Trinajstić information content (AvgIpc) is 2.97. The molecule has 5 rings (SSSR count). The molecule has 0 spiro atoms. The smallest absolute Gasteiger partial charge is 0.232 e. The molecule has 0 aliphatic carbocycles. The van der Waals surface area contributed by atoms with Crippen molar-refractivity contribution in [3.05, 3.63) is 66.5 Å².